The van der Waals surface area contributed by atoms with Crippen LogP contribution < -0.4 is 10.1 Å². The van der Waals surface area contributed by atoms with Crippen molar-refractivity contribution >= 4 is 15.7 Å². The fourth-order valence-corrected chi connectivity index (χ4v) is 1.43. The fourth-order valence-electron chi connectivity index (χ4n) is 1.09. The van der Waals surface area contributed by atoms with Crippen molar-refractivity contribution in [2.24, 2.45) is 0 Å². The highest BCUT2D eigenvalue weighted by Crippen LogP contribution is 2.17. The van der Waals surface area contributed by atoms with E-state index >= 15 is 0 Å². The number of nitrogens with one attached hydrogen (secondary N) is 1. The molecular weight excluding hydrogens is 230 g/mol. The van der Waals surface area contributed by atoms with Crippen LogP contribution in [0, 0.1) is 0 Å². The minimum absolute atomic E-state index is 0.257. The van der Waals surface area contributed by atoms with Crippen molar-refractivity contribution in [2.75, 3.05) is 19.2 Å². The van der Waals surface area contributed by atoms with Gasteiger partial charge in [-0.2, -0.15) is 0 Å². The number of ether oxygens (including phenoxy) is 1. The third-order valence-electron chi connectivity index (χ3n) is 1.79. The summed E-state index contributed by atoms with van der Waals surface area (Å²) < 4.78 is 26.9. The van der Waals surface area contributed by atoms with E-state index in [0.29, 0.717) is 5.56 Å². The maximum absolute atomic E-state index is 11.4. The predicted molar refractivity (Wildman–Crippen MR) is 60.2 cm³/mol. The van der Waals surface area contributed by atoms with E-state index in [4.69, 9.17) is 4.74 Å². The summed E-state index contributed by atoms with van der Waals surface area (Å²) in [5.41, 5.74) is 0.314. The Labute approximate surface area is 94.3 Å². The van der Waals surface area contributed by atoms with E-state index in [0.717, 1.165) is 6.26 Å². The summed E-state index contributed by atoms with van der Waals surface area (Å²) in [6, 6.07) is 6.47. The van der Waals surface area contributed by atoms with Crippen LogP contribution in [0.5, 0.6) is 5.75 Å². The largest absolute Gasteiger partial charge is 0.477 e. The highest BCUT2D eigenvalue weighted by atomic mass is 32.2. The zero-order valence-electron chi connectivity index (χ0n) is 9.06. The molecule has 0 saturated heterocycles. The van der Waals surface area contributed by atoms with Crippen LogP contribution in [-0.2, 0) is 9.84 Å². The lowest BCUT2D eigenvalue weighted by molar-refractivity contribution is 0.0959. The van der Waals surface area contributed by atoms with E-state index in [9.17, 15) is 13.2 Å². The summed E-state index contributed by atoms with van der Waals surface area (Å²) in [5.74, 6) is -0.502. The van der Waals surface area contributed by atoms with E-state index in [-0.39, 0.29) is 11.7 Å². The maximum Gasteiger partial charge on any atom is 0.254 e. The third kappa shape index (κ3) is 3.54. The molecule has 0 bridgehead atoms. The smallest absolute Gasteiger partial charge is 0.254 e. The van der Waals surface area contributed by atoms with Gasteiger partial charge in [0.15, 0.2) is 15.8 Å². The van der Waals surface area contributed by atoms with Gasteiger partial charge in [0.2, 0.25) is 0 Å². The first-order valence-electron chi connectivity index (χ1n) is 4.55. The number of para-hydroxylation sites is 1. The van der Waals surface area contributed by atoms with Gasteiger partial charge in [-0.25, -0.2) is 8.42 Å². The van der Waals surface area contributed by atoms with Gasteiger partial charge in [0.1, 0.15) is 5.75 Å². The molecule has 1 amide bonds. The Balaban J connectivity index is 2.91. The average molecular weight is 243 g/mol. The molecule has 1 rings (SSSR count). The van der Waals surface area contributed by atoms with E-state index in [1.54, 1.807) is 24.3 Å². The van der Waals surface area contributed by atoms with Gasteiger partial charge < -0.3 is 10.1 Å². The molecule has 0 atom stereocenters. The molecule has 0 heterocycles. The first-order chi connectivity index (χ1) is 7.44. The van der Waals surface area contributed by atoms with Gasteiger partial charge in [0, 0.05) is 13.3 Å². The van der Waals surface area contributed by atoms with Crippen molar-refractivity contribution in [1.82, 2.24) is 5.32 Å². The van der Waals surface area contributed by atoms with Crippen molar-refractivity contribution in [1.29, 1.82) is 0 Å². The zero-order valence-corrected chi connectivity index (χ0v) is 9.87. The summed E-state index contributed by atoms with van der Waals surface area (Å²) in [5, 5.41) is 2.45. The van der Waals surface area contributed by atoms with Crippen LogP contribution in [0.3, 0.4) is 0 Å². The van der Waals surface area contributed by atoms with E-state index in [1.165, 1.54) is 7.05 Å². The molecule has 1 aromatic carbocycles. The lowest BCUT2D eigenvalue weighted by Crippen LogP contribution is -2.19. The summed E-state index contributed by atoms with van der Waals surface area (Å²) in [6.45, 7) is 0. The zero-order chi connectivity index (χ0) is 12.2. The first-order valence-corrected chi connectivity index (χ1v) is 6.62. The fraction of sp³-hybridized carbons (Fsp3) is 0.300. The lowest BCUT2D eigenvalue weighted by atomic mass is 10.2. The molecule has 88 valence electrons. The van der Waals surface area contributed by atoms with Crippen LogP contribution in [-0.4, -0.2) is 33.6 Å². The van der Waals surface area contributed by atoms with Gasteiger partial charge in [-0.1, -0.05) is 12.1 Å². The molecule has 0 unspecified atom stereocenters. The Morgan fingerprint density at radius 1 is 1.38 bits per heavy atom. The second-order valence-electron chi connectivity index (χ2n) is 3.26. The maximum atomic E-state index is 11.4. The summed E-state index contributed by atoms with van der Waals surface area (Å²) >= 11 is 0. The SMILES string of the molecule is CNC(=O)c1ccccc1OCS(C)(=O)=O. The minimum Gasteiger partial charge on any atom is -0.477 e. The van der Waals surface area contributed by atoms with Gasteiger partial charge in [-0.3, -0.25) is 4.79 Å². The van der Waals surface area contributed by atoms with Crippen molar-refractivity contribution in [3.05, 3.63) is 29.8 Å². The quantitative estimate of drug-likeness (QED) is 0.832. The molecule has 16 heavy (non-hydrogen) atoms. The number of carbonyl (C=O) groups excluding carboxylic acids is 1. The van der Waals surface area contributed by atoms with E-state index in [1.807, 2.05) is 0 Å². The second kappa shape index (κ2) is 4.98. The molecule has 0 aromatic heterocycles. The van der Waals surface area contributed by atoms with Gasteiger partial charge >= 0.3 is 0 Å². The van der Waals surface area contributed by atoms with Gasteiger partial charge in [-0.15, -0.1) is 0 Å². The van der Waals surface area contributed by atoms with E-state index in [2.05, 4.69) is 5.32 Å². The lowest BCUT2D eigenvalue weighted by Gasteiger charge is -2.09. The van der Waals surface area contributed by atoms with Crippen LogP contribution in [0.25, 0.3) is 0 Å². The van der Waals surface area contributed by atoms with E-state index < -0.39 is 15.8 Å². The van der Waals surface area contributed by atoms with Crippen LogP contribution in [0.4, 0.5) is 0 Å². The number of carbonyl (C=O) groups is 1. The molecular formula is C10H13NO4S. The first kappa shape index (κ1) is 12.5. The number of hydrogen-bond acceptors (Lipinski definition) is 4. The normalized spacial score (nSPS) is 10.9. The summed E-state index contributed by atoms with van der Waals surface area (Å²) in [7, 11) is -1.73. The average Bonchev–Trinajstić information content (AvgIpc) is 2.25. The molecule has 0 radical (unpaired) electrons. The standard InChI is InChI=1S/C10H13NO4S/c1-11-10(12)8-5-3-4-6-9(8)15-7-16(2,13)14/h3-6H,7H2,1-2H3,(H,11,12). The Kier molecular flexibility index (Phi) is 3.89. The van der Waals surface area contributed by atoms with Crippen LogP contribution in [0.2, 0.25) is 0 Å². The van der Waals surface area contributed by atoms with Crippen molar-refractivity contribution in [2.45, 2.75) is 0 Å². The number of hydrogen-bond donors (Lipinski definition) is 1. The predicted octanol–water partition coefficient (Wildman–Crippen LogP) is 0.427. The molecule has 0 spiro atoms. The van der Waals surface area contributed by atoms with Crippen LogP contribution in [0.15, 0.2) is 24.3 Å². The highest BCUT2D eigenvalue weighted by molar-refractivity contribution is 7.90. The van der Waals surface area contributed by atoms with Crippen molar-refractivity contribution in [3.8, 4) is 5.75 Å². The Hall–Kier alpha value is -1.56. The van der Waals surface area contributed by atoms with Crippen LogP contribution >= 0.6 is 0 Å². The van der Waals surface area contributed by atoms with Gasteiger partial charge in [0.05, 0.1) is 5.56 Å². The molecule has 0 saturated carbocycles. The second-order valence-corrected chi connectivity index (χ2v) is 5.35. The molecule has 0 aliphatic rings. The molecule has 0 fully saturated rings. The molecule has 1 N–H and O–H groups in total. The monoisotopic (exact) mass is 243 g/mol. The van der Waals surface area contributed by atoms with Gasteiger partial charge in [0.25, 0.3) is 5.91 Å². The highest BCUT2D eigenvalue weighted by Gasteiger charge is 2.11. The Bertz CT molecular complexity index is 481. The molecule has 6 heteroatoms. The number of amides is 1. The minimum atomic E-state index is -3.23. The third-order valence-corrected chi connectivity index (χ3v) is 2.33. The van der Waals surface area contributed by atoms with Crippen LogP contribution in [0.1, 0.15) is 10.4 Å². The van der Waals surface area contributed by atoms with Crippen molar-refractivity contribution in [3.63, 3.8) is 0 Å². The molecule has 0 aliphatic heterocycles. The molecule has 0 aliphatic carbocycles. The van der Waals surface area contributed by atoms with Crippen molar-refractivity contribution < 1.29 is 17.9 Å². The number of sulfone groups is 1. The Morgan fingerprint density at radius 3 is 2.56 bits per heavy atom. The number of rotatable bonds is 4. The topological polar surface area (TPSA) is 72.5 Å². The molecule has 1 aromatic rings. The number of benzene rings is 1. The molecule has 5 nitrogen and oxygen atoms in total. The van der Waals surface area contributed by atoms with Gasteiger partial charge in [-0.05, 0) is 12.1 Å². The summed E-state index contributed by atoms with van der Waals surface area (Å²) in [4.78, 5) is 11.4. The Morgan fingerprint density at radius 2 is 2.00 bits per heavy atom. The summed E-state index contributed by atoms with van der Waals surface area (Å²) in [6.07, 6.45) is 1.06.